The SMILES string of the molecule is CCC(C)NC(=O)C1CCN(S(=O)(=O)Cc2ccccc2Cl)CC1. The topological polar surface area (TPSA) is 66.5 Å². The molecule has 134 valence electrons. The Hall–Kier alpha value is -1.11. The molecule has 0 spiro atoms. The highest BCUT2D eigenvalue weighted by molar-refractivity contribution is 7.88. The third kappa shape index (κ3) is 4.94. The largest absolute Gasteiger partial charge is 0.353 e. The summed E-state index contributed by atoms with van der Waals surface area (Å²) in [6, 6.07) is 7.13. The van der Waals surface area contributed by atoms with Crippen molar-refractivity contribution in [2.75, 3.05) is 13.1 Å². The molecular weight excluding hydrogens is 348 g/mol. The van der Waals surface area contributed by atoms with Crippen molar-refractivity contribution in [1.29, 1.82) is 0 Å². The third-order valence-corrected chi connectivity index (χ3v) is 6.71. The van der Waals surface area contributed by atoms with Gasteiger partial charge in [0, 0.05) is 30.1 Å². The van der Waals surface area contributed by atoms with E-state index in [4.69, 9.17) is 11.6 Å². The fourth-order valence-electron chi connectivity index (χ4n) is 2.76. The zero-order valence-corrected chi connectivity index (χ0v) is 15.7. The number of nitrogens with one attached hydrogen (secondary N) is 1. The first-order chi connectivity index (χ1) is 11.3. The lowest BCUT2D eigenvalue weighted by molar-refractivity contribution is -0.126. The van der Waals surface area contributed by atoms with Crippen LogP contribution in [0.15, 0.2) is 24.3 Å². The molecule has 2 rings (SSSR count). The molecule has 0 radical (unpaired) electrons. The molecule has 0 aliphatic carbocycles. The number of sulfonamides is 1. The van der Waals surface area contributed by atoms with Crippen LogP contribution in [0.2, 0.25) is 5.02 Å². The monoisotopic (exact) mass is 372 g/mol. The normalized spacial score (nSPS) is 18.3. The van der Waals surface area contributed by atoms with Crippen molar-refractivity contribution in [3.63, 3.8) is 0 Å². The Bertz CT molecular complexity index is 670. The summed E-state index contributed by atoms with van der Waals surface area (Å²) < 4.78 is 26.6. The van der Waals surface area contributed by atoms with E-state index in [1.165, 1.54) is 4.31 Å². The van der Waals surface area contributed by atoms with Gasteiger partial charge in [0.05, 0.1) is 5.75 Å². The molecule has 1 aliphatic heterocycles. The molecular formula is C17H25ClN2O3S. The number of amides is 1. The first-order valence-electron chi connectivity index (χ1n) is 8.35. The molecule has 0 saturated carbocycles. The van der Waals surface area contributed by atoms with E-state index in [0.29, 0.717) is 36.5 Å². The first-order valence-corrected chi connectivity index (χ1v) is 10.3. The molecule has 1 atom stereocenters. The standard InChI is InChI=1S/C17H25ClN2O3S/c1-3-13(2)19-17(21)14-8-10-20(11-9-14)24(22,23)12-15-6-4-5-7-16(15)18/h4-7,13-14H,3,8-12H2,1-2H3,(H,19,21). The van der Waals surface area contributed by atoms with E-state index in [1.54, 1.807) is 24.3 Å². The Morgan fingerprint density at radius 2 is 1.96 bits per heavy atom. The van der Waals surface area contributed by atoms with Crippen LogP contribution in [0.4, 0.5) is 0 Å². The summed E-state index contributed by atoms with van der Waals surface area (Å²) in [4.78, 5) is 12.2. The molecule has 7 heteroatoms. The summed E-state index contributed by atoms with van der Waals surface area (Å²) in [5, 5.41) is 3.44. The highest BCUT2D eigenvalue weighted by atomic mass is 35.5. The van der Waals surface area contributed by atoms with Crippen molar-refractivity contribution in [1.82, 2.24) is 9.62 Å². The van der Waals surface area contributed by atoms with E-state index in [9.17, 15) is 13.2 Å². The summed E-state index contributed by atoms with van der Waals surface area (Å²) in [7, 11) is -3.42. The summed E-state index contributed by atoms with van der Waals surface area (Å²) in [6.45, 7) is 4.76. The minimum Gasteiger partial charge on any atom is -0.353 e. The number of hydrogen-bond donors (Lipinski definition) is 1. The molecule has 1 aromatic rings. The fourth-order valence-corrected chi connectivity index (χ4v) is 4.64. The van der Waals surface area contributed by atoms with E-state index >= 15 is 0 Å². The van der Waals surface area contributed by atoms with Crippen LogP contribution < -0.4 is 5.32 Å². The van der Waals surface area contributed by atoms with E-state index in [1.807, 2.05) is 13.8 Å². The van der Waals surface area contributed by atoms with Gasteiger partial charge in [-0.2, -0.15) is 0 Å². The summed E-state index contributed by atoms with van der Waals surface area (Å²) in [6.07, 6.45) is 2.00. The van der Waals surface area contributed by atoms with Gasteiger partial charge in [0.15, 0.2) is 0 Å². The second-order valence-corrected chi connectivity index (χ2v) is 8.71. The van der Waals surface area contributed by atoms with Gasteiger partial charge in [-0.3, -0.25) is 4.79 Å². The van der Waals surface area contributed by atoms with E-state index in [-0.39, 0.29) is 23.6 Å². The van der Waals surface area contributed by atoms with E-state index in [0.717, 1.165) is 6.42 Å². The number of benzene rings is 1. The van der Waals surface area contributed by atoms with Crippen molar-refractivity contribution in [2.24, 2.45) is 5.92 Å². The second-order valence-electron chi connectivity index (χ2n) is 6.34. The average molecular weight is 373 g/mol. The van der Waals surface area contributed by atoms with Gasteiger partial charge >= 0.3 is 0 Å². The Morgan fingerprint density at radius 3 is 2.54 bits per heavy atom. The molecule has 1 N–H and O–H groups in total. The number of piperidine rings is 1. The molecule has 1 saturated heterocycles. The van der Waals surface area contributed by atoms with Crippen molar-refractivity contribution in [2.45, 2.75) is 44.9 Å². The van der Waals surface area contributed by atoms with Gasteiger partial charge in [0.2, 0.25) is 15.9 Å². The number of carbonyl (C=O) groups excluding carboxylic acids is 1. The van der Waals surface area contributed by atoms with Gasteiger partial charge in [0.25, 0.3) is 0 Å². The van der Waals surface area contributed by atoms with Gasteiger partial charge in [-0.1, -0.05) is 36.7 Å². The summed E-state index contributed by atoms with van der Waals surface area (Å²) >= 11 is 6.06. The van der Waals surface area contributed by atoms with Crippen molar-refractivity contribution < 1.29 is 13.2 Å². The predicted molar refractivity (Wildman–Crippen MR) is 96.3 cm³/mol. The van der Waals surface area contributed by atoms with Crippen molar-refractivity contribution in [3.8, 4) is 0 Å². The Kier molecular flexibility index (Phi) is 6.66. The van der Waals surface area contributed by atoms with Gasteiger partial charge in [-0.25, -0.2) is 12.7 Å². The summed E-state index contributed by atoms with van der Waals surface area (Å²) in [5.41, 5.74) is 0.607. The van der Waals surface area contributed by atoms with Crippen LogP contribution in [0.3, 0.4) is 0 Å². The molecule has 1 heterocycles. The van der Waals surface area contributed by atoms with Crippen LogP contribution in [-0.2, 0) is 20.6 Å². The van der Waals surface area contributed by atoms with Crippen LogP contribution in [0.1, 0.15) is 38.7 Å². The molecule has 1 aliphatic rings. The molecule has 1 unspecified atom stereocenters. The number of hydrogen-bond acceptors (Lipinski definition) is 3. The van der Waals surface area contributed by atoms with Gasteiger partial charge < -0.3 is 5.32 Å². The smallest absolute Gasteiger partial charge is 0.223 e. The highest BCUT2D eigenvalue weighted by Crippen LogP contribution is 2.24. The van der Waals surface area contributed by atoms with Crippen LogP contribution in [-0.4, -0.2) is 37.8 Å². The van der Waals surface area contributed by atoms with Gasteiger partial charge in [0.1, 0.15) is 0 Å². The minimum absolute atomic E-state index is 0.0347. The van der Waals surface area contributed by atoms with Crippen LogP contribution >= 0.6 is 11.6 Å². The van der Waals surface area contributed by atoms with Gasteiger partial charge in [-0.05, 0) is 37.8 Å². The molecule has 24 heavy (non-hydrogen) atoms. The molecule has 1 aromatic carbocycles. The Labute approximate surface area is 149 Å². The third-order valence-electron chi connectivity index (χ3n) is 4.51. The lowest BCUT2D eigenvalue weighted by Crippen LogP contribution is -2.44. The number of halogens is 1. The second kappa shape index (κ2) is 8.32. The van der Waals surface area contributed by atoms with E-state index < -0.39 is 10.0 Å². The maximum absolute atomic E-state index is 12.6. The predicted octanol–water partition coefficient (Wildman–Crippen LogP) is 2.80. The van der Waals surface area contributed by atoms with Crippen molar-refractivity contribution >= 4 is 27.5 Å². The zero-order chi connectivity index (χ0) is 17.7. The highest BCUT2D eigenvalue weighted by Gasteiger charge is 2.31. The lowest BCUT2D eigenvalue weighted by atomic mass is 9.97. The quantitative estimate of drug-likeness (QED) is 0.834. The number of rotatable bonds is 6. The molecule has 1 amide bonds. The van der Waals surface area contributed by atoms with Gasteiger partial charge in [-0.15, -0.1) is 0 Å². The fraction of sp³-hybridized carbons (Fsp3) is 0.588. The molecule has 0 bridgehead atoms. The minimum atomic E-state index is -3.42. The molecule has 0 aromatic heterocycles. The van der Waals surface area contributed by atoms with Crippen LogP contribution in [0.25, 0.3) is 0 Å². The van der Waals surface area contributed by atoms with Crippen LogP contribution in [0, 0.1) is 5.92 Å². The van der Waals surface area contributed by atoms with Crippen molar-refractivity contribution in [3.05, 3.63) is 34.9 Å². The maximum atomic E-state index is 12.6. The van der Waals surface area contributed by atoms with Crippen LogP contribution in [0.5, 0.6) is 0 Å². The zero-order valence-electron chi connectivity index (χ0n) is 14.2. The first kappa shape index (κ1) is 19.2. The average Bonchev–Trinajstić information content (AvgIpc) is 2.56. The Morgan fingerprint density at radius 1 is 1.33 bits per heavy atom. The number of carbonyl (C=O) groups is 1. The molecule has 5 nitrogen and oxygen atoms in total. The maximum Gasteiger partial charge on any atom is 0.223 e. The summed E-state index contributed by atoms with van der Waals surface area (Å²) in [5.74, 6) is -0.172. The van der Waals surface area contributed by atoms with E-state index in [2.05, 4.69) is 5.32 Å². The lowest BCUT2D eigenvalue weighted by Gasteiger charge is -2.31. The number of nitrogens with zero attached hydrogens (tertiary/aromatic N) is 1. The molecule has 1 fully saturated rings. The Balaban J connectivity index is 1.93.